The molecule has 0 fully saturated rings. The topological polar surface area (TPSA) is 37.9 Å². The van der Waals surface area contributed by atoms with E-state index in [0.717, 1.165) is 6.07 Å². The standard InChI is InChI=1S/C14H10F2N2O/c1-19-11-5-3-2-4-8(11)14-17-10-7-6-9(15)12(16)13(10)18-14/h2-7H,1H3,(H,17,18). The van der Waals surface area contributed by atoms with E-state index in [-0.39, 0.29) is 5.52 Å². The Labute approximate surface area is 107 Å². The van der Waals surface area contributed by atoms with Crippen LogP contribution in [0.5, 0.6) is 5.75 Å². The van der Waals surface area contributed by atoms with Crippen molar-refractivity contribution in [3.63, 3.8) is 0 Å². The SMILES string of the molecule is COc1ccccc1-c1nc2c(F)c(F)ccc2[nH]1. The van der Waals surface area contributed by atoms with Gasteiger partial charge in [-0.2, -0.15) is 0 Å². The van der Waals surface area contributed by atoms with Crippen molar-refractivity contribution in [2.75, 3.05) is 7.11 Å². The zero-order chi connectivity index (χ0) is 13.4. The van der Waals surface area contributed by atoms with Crippen LogP contribution in [0.25, 0.3) is 22.4 Å². The molecule has 0 amide bonds. The highest BCUT2D eigenvalue weighted by molar-refractivity contribution is 5.81. The summed E-state index contributed by atoms with van der Waals surface area (Å²) in [5.74, 6) is -0.806. The molecule has 0 unspecified atom stereocenters. The molecule has 96 valence electrons. The first-order valence-corrected chi connectivity index (χ1v) is 5.68. The van der Waals surface area contributed by atoms with Crippen LogP contribution in [-0.4, -0.2) is 17.1 Å². The molecule has 19 heavy (non-hydrogen) atoms. The Morgan fingerprint density at radius 2 is 1.89 bits per heavy atom. The van der Waals surface area contributed by atoms with Gasteiger partial charge in [0, 0.05) is 0 Å². The second kappa shape index (κ2) is 4.35. The van der Waals surface area contributed by atoms with Gasteiger partial charge in [0.05, 0.1) is 18.2 Å². The maximum Gasteiger partial charge on any atom is 0.186 e. The van der Waals surface area contributed by atoms with Crippen LogP contribution in [0.3, 0.4) is 0 Å². The second-order valence-electron chi connectivity index (χ2n) is 4.04. The van der Waals surface area contributed by atoms with Crippen molar-refractivity contribution in [3.05, 3.63) is 48.0 Å². The fourth-order valence-corrected chi connectivity index (χ4v) is 1.99. The summed E-state index contributed by atoms with van der Waals surface area (Å²) in [7, 11) is 1.54. The van der Waals surface area contributed by atoms with Crippen LogP contribution in [-0.2, 0) is 0 Å². The molecule has 1 aromatic heterocycles. The Balaban J connectivity index is 2.24. The number of imidazole rings is 1. The number of benzene rings is 2. The van der Waals surface area contributed by atoms with Gasteiger partial charge in [-0.15, -0.1) is 0 Å². The number of hydrogen-bond acceptors (Lipinski definition) is 2. The monoisotopic (exact) mass is 260 g/mol. The van der Waals surface area contributed by atoms with Crippen molar-refractivity contribution >= 4 is 11.0 Å². The fourth-order valence-electron chi connectivity index (χ4n) is 1.99. The minimum atomic E-state index is -0.949. The molecule has 0 radical (unpaired) electrons. The molecule has 0 aliphatic heterocycles. The molecule has 0 spiro atoms. The molecule has 1 heterocycles. The number of para-hydroxylation sites is 1. The van der Waals surface area contributed by atoms with Crippen molar-refractivity contribution in [1.82, 2.24) is 9.97 Å². The van der Waals surface area contributed by atoms with E-state index >= 15 is 0 Å². The Hall–Kier alpha value is -2.43. The lowest BCUT2D eigenvalue weighted by molar-refractivity contribution is 0.416. The molecule has 5 heteroatoms. The molecular formula is C14H10F2N2O. The third kappa shape index (κ3) is 1.83. The van der Waals surface area contributed by atoms with E-state index in [9.17, 15) is 8.78 Å². The molecule has 3 rings (SSSR count). The summed E-state index contributed by atoms with van der Waals surface area (Å²) >= 11 is 0. The molecule has 1 N–H and O–H groups in total. The molecule has 0 atom stereocenters. The summed E-state index contributed by atoms with van der Waals surface area (Å²) in [6, 6.07) is 9.75. The predicted molar refractivity (Wildman–Crippen MR) is 68.0 cm³/mol. The van der Waals surface area contributed by atoms with Crippen LogP contribution in [0.2, 0.25) is 0 Å². The lowest BCUT2D eigenvalue weighted by Gasteiger charge is -2.04. The minimum Gasteiger partial charge on any atom is -0.496 e. The minimum absolute atomic E-state index is 0.0130. The summed E-state index contributed by atoms with van der Waals surface area (Å²) in [4.78, 5) is 7.06. The average molecular weight is 260 g/mol. The van der Waals surface area contributed by atoms with Crippen LogP contribution in [0.15, 0.2) is 36.4 Å². The van der Waals surface area contributed by atoms with Crippen LogP contribution < -0.4 is 4.74 Å². The zero-order valence-electron chi connectivity index (χ0n) is 10.1. The zero-order valence-corrected chi connectivity index (χ0v) is 10.1. The Kier molecular flexibility index (Phi) is 2.67. The molecule has 0 aliphatic carbocycles. The molecule has 0 saturated heterocycles. The third-order valence-electron chi connectivity index (χ3n) is 2.91. The summed E-state index contributed by atoms with van der Waals surface area (Å²) in [5, 5.41) is 0. The first-order chi connectivity index (χ1) is 9.20. The normalized spacial score (nSPS) is 10.9. The van der Waals surface area contributed by atoms with E-state index in [2.05, 4.69) is 9.97 Å². The van der Waals surface area contributed by atoms with Crippen molar-refractivity contribution in [1.29, 1.82) is 0 Å². The number of halogens is 2. The second-order valence-corrected chi connectivity index (χ2v) is 4.04. The summed E-state index contributed by atoms with van der Waals surface area (Å²) in [6.07, 6.45) is 0. The molecule has 0 aliphatic rings. The van der Waals surface area contributed by atoms with Gasteiger partial charge < -0.3 is 9.72 Å². The van der Waals surface area contributed by atoms with Gasteiger partial charge in [-0.1, -0.05) is 12.1 Å². The van der Waals surface area contributed by atoms with Crippen molar-refractivity contribution in [3.8, 4) is 17.1 Å². The number of fused-ring (bicyclic) bond motifs is 1. The van der Waals surface area contributed by atoms with Gasteiger partial charge in [0.2, 0.25) is 0 Å². The summed E-state index contributed by atoms with van der Waals surface area (Å²) in [5.41, 5.74) is 1.13. The number of H-pyrrole nitrogens is 1. The number of hydrogen-bond donors (Lipinski definition) is 1. The van der Waals surface area contributed by atoms with E-state index in [1.807, 2.05) is 12.1 Å². The van der Waals surface area contributed by atoms with Gasteiger partial charge in [0.25, 0.3) is 0 Å². The van der Waals surface area contributed by atoms with Crippen molar-refractivity contribution in [2.45, 2.75) is 0 Å². The largest absolute Gasteiger partial charge is 0.496 e. The van der Waals surface area contributed by atoms with Gasteiger partial charge in [-0.25, -0.2) is 13.8 Å². The molecule has 2 aromatic carbocycles. The first-order valence-electron chi connectivity index (χ1n) is 5.68. The van der Waals surface area contributed by atoms with Gasteiger partial charge in [0.1, 0.15) is 17.1 Å². The third-order valence-corrected chi connectivity index (χ3v) is 2.91. The molecule has 3 aromatic rings. The van der Waals surface area contributed by atoms with E-state index in [1.54, 1.807) is 19.2 Å². The average Bonchev–Trinajstić information content (AvgIpc) is 2.87. The predicted octanol–water partition coefficient (Wildman–Crippen LogP) is 3.52. The van der Waals surface area contributed by atoms with Gasteiger partial charge >= 0.3 is 0 Å². The Morgan fingerprint density at radius 1 is 1.11 bits per heavy atom. The van der Waals surface area contributed by atoms with Gasteiger partial charge in [0.15, 0.2) is 11.6 Å². The lowest BCUT2D eigenvalue weighted by atomic mass is 10.2. The van der Waals surface area contributed by atoms with Crippen LogP contribution >= 0.6 is 0 Å². The summed E-state index contributed by atoms with van der Waals surface area (Å²) in [6.45, 7) is 0. The number of aromatic amines is 1. The highest BCUT2D eigenvalue weighted by atomic mass is 19.2. The van der Waals surface area contributed by atoms with Gasteiger partial charge in [-0.05, 0) is 24.3 Å². The number of aromatic nitrogens is 2. The van der Waals surface area contributed by atoms with Gasteiger partial charge in [-0.3, -0.25) is 0 Å². The Bertz CT molecular complexity index is 752. The van der Waals surface area contributed by atoms with Crippen LogP contribution in [0.1, 0.15) is 0 Å². The fraction of sp³-hybridized carbons (Fsp3) is 0.0714. The van der Waals surface area contributed by atoms with E-state index in [0.29, 0.717) is 22.7 Å². The summed E-state index contributed by atoms with van der Waals surface area (Å²) < 4.78 is 32.0. The number of methoxy groups -OCH3 is 1. The number of nitrogens with zero attached hydrogens (tertiary/aromatic N) is 1. The van der Waals surface area contributed by atoms with Crippen molar-refractivity contribution < 1.29 is 13.5 Å². The van der Waals surface area contributed by atoms with Crippen LogP contribution in [0.4, 0.5) is 8.78 Å². The highest BCUT2D eigenvalue weighted by Crippen LogP contribution is 2.29. The lowest BCUT2D eigenvalue weighted by Crippen LogP contribution is -1.88. The number of ether oxygens (including phenoxy) is 1. The molecule has 0 bridgehead atoms. The van der Waals surface area contributed by atoms with Crippen molar-refractivity contribution in [2.24, 2.45) is 0 Å². The smallest absolute Gasteiger partial charge is 0.186 e. The maximum atomic E-state index is 13.6. The maximum absolute atomic E-state index is 13.6. The number of nitrogens with one attached hydrogen (secondary N) is 1. The Morgan fingerprint density at radius 3 is 2.68 bits per heavy atom. The highest BCUT2D eigenvalue weighted by Gasteiger charge is 2.14. The molecule has 0 saturated carbocycles. The molecule has 3 nitrogen and oxygen atoms in total. The van der Waals surface area contributed by atoms with E-state index < -0.39 is 11.6 Å². The number of rotatable bonds is 2. The van der Waals surface area contributed by atoms with Crippen LogP contribution in [0, 0.1) is 11.6 Å². The quantitative estimate of drug-likeness (QED) is 0.765. The molecular weight excluding hydrogens is 250 g/mol. The first kappa shape index (κ1) is 11.6. The van der Waals surface area contributed by atoms with E-state index in [1.165, 1.54) is 6.07 Å². The van der Waals surface area contributed by atoms with E-state index in [4.69, 9.17) is 4.74 Å².